The van der Waals surface area contributed by atoms with Gasteiger partial charge >= 0.3 is 0 Å². The van der Waals surface area contributed by atoms with Crippen LogP contribution in [0.2, 0.25) is 0 Å². The summed E-state index contributed by atoms with van der Waals surface area (Å²) in [6, 6.07) is 7.68. The van der Waals surface area contributed by atoms with E-state index in [1.54, 1.807) is 0 Å². The number of hydrogen-bond acceptors (Lipinski definition) is 6. The summed E-state index contributed by atoms with van der Waals surface area (Å²) in [5.74, 6) is 2.36. The molecule has 0 bridgehead atoms. The maximum absolute atomic E-state index is 10.1. The third-order valence-corrected chi connectivity index (χ3v) is 4.71. The van der Waals surface area contributed by atoms with Gasteiger partial charge in [0.05, 0.1) is 19.3 Å². The molecule has 1 aliphatic carbocycles. The SMILES string of the molecule is CCOc1ccc(-c2noc(CN(C)CC3CCCCC3O)n2)cc1. The van der Waals surface area contributed by atoms with E-state index in [0.29, 0.717) is 30.8 Å². The van der Waals surface area contributed by atoms with E-state index in [0.717, 1.165) is 37.1 Å². The standard InChI is InChI=1S/C19H27N3O3/c1-3-24-16-10-8-14(9-11-16)19-20-18(25-21-19)13-22(2)12-15-6-4-5-7-17(15)23/h8-11,15,17,23H,3-7,12-13H2,1-2H3. The Kier molecular flexibility index (Phi) is 6.04. The van der Waals surface area contributed by atoms with Crippen LogP contribution >= 0.6 is 0 Å². The molecule has 1 aliphatic rings. The molecule has 1 N–H and O–H groups in total. The molecule has 6 nitrogen and oxygen atoms in total. The molecule has 1 saturated carbocycles. The van der Waals surface area contributed by atoms with Crippen molar-refractivity contribution in [3.05, 3.63) is 30.2 Å². The third-order valence-electron chi connectivity index (χ3n) is 4.71. The van der Waals surface area contributed by atoms with Gasteiger partial charge in [-0.3, -0.25) is 4.90 Å². The highest BCUT2D eigenvalue weighted by atomic mass is 16.5. The largest absolute Gasteiger partial charge is 0.494 e. The molecule has 0 amide bonds. The summed E-state index contributed by atoms with van der Waals surface area (Å²) in [5.41, 5.74) is 0.906. The fraction of sp³-hybridized carbons (Fsp3) is 0.579. The van der Waals surface area contributed by atoms with Crippen LogP contribution in [0.15, 0.2) is 28.8 Å². The van der Waals surface area contributed by atoms with Crippen LogP contribution in [-0.4, -0.2) is 46.5 Å². The van der Waals surface area contributed by atoms with E-state index in [4.69, 9.17) is 9.26 Å². The molecule has 25 heavy (non-hydrogen) atoms. The van der Waals surface area contributed by atoms with Crippen molar-refractivity contribution in [3.63, 3.8) is 0 Å². The van der Waals surface area contributed by atoms with Crippen molar-refractivity contribution in [2.24, 2.45) is 5.92 Å². The Labute approximate surface area is 148 Å². The van der Waals surface area contributed by atoms with E-state index < -0.39 is 0 Å². The van der Waals surface area contributed by atoms with Crippen LogP contribution < -0.4 is 4.74 Å². The van der Waals surface area contributed by atoms with Gasteiger partial charge in [0, 0.05) is 12.1 Å². The Morgan fingerprint density at radius 1 is 1.24 bits per heavy atom. The first-order valence-corrected chi connectivity index (χ1v) is 9.08. The highest BCUT2D eigenvalue weighted by Crippen LogP contribution is 2.25. The summed E-state index contributed by atoms with van der Waals surface area (Å²) >= 11 is 0. The average molecular weight is 345 g/mol. The van der Waals surface area contributed by atoms with Crippen LogP contribution in [0.3, 0.4) is 0 Å². The zero-order valence-corrected chi connectivity index (χ0v) is 15.0. The molecule has 0 aliphatic heterocycles. The van der Waals surface area contributed by atoms with Crippen LogP contribution in [-0.2, 0) is 6.54 Å². The smallest absolute Gasteiger partial charge is 0.241 e. The zero-order chi connectivity index (χ0) is 17.6. The monoisotopic (exact) mass is 345 g/mol. The van der Waals surface area contributed by atoms with Crippen molar-refractivity contribution < 1.29 is 14.4 Å². The number of aliphatic hydroxyl groups is 1. The van der Waals surface area contributed by atoms with Crippen molar-refractivity contribution in [2.45, 2.75) is 45.3 Å². The van der Waals surface area contributed by atoms with Crippen LogP contribution in [0, 0.1) is 5.92 Å². The molecule has 2 unspecified atom stereocenters. The molecular weight excluding hydrogens is 318 g/mol. The van der Waals surface area contributed by atoms with Gasteiger partial charge in [0.2, 0.25) is 11.7 Å². The molecule has 0 saturated heterocycles. The van der Waals surface area contributed by atoms with E-state index in [1.807, 2.05) is 38.2 Å². The first-order chi connectivity index (χ1) is 12.2. The number of hydrogen-bond donors (Lipinski definition) is 1. The van der Waals surface area contributed by atoms with Crippen LogP contribution in [0.25, 0.3) is 11.4 Å². The topological polar surface area (TPSA) is 71.6 Å². The van der Waals surface area contributed by atoms with Crippen molar-refractivity contribution in [2.75, 3.05) is 20.2 Å². The lowest BCUT2D eigenvalue weighted by Gasteiger charge is -2.30. The lowest BCUT2D eigenvalue weighted by atomic mass is 9.86. The normalized spacial score (nSPS) is 20.8. The van der Waals surface area contributed by atoms with E-state index in [1.165, 1.54) is 6.42 Å². The van der Waals surface area contributed by atoms with Gasteiger partial charge in [0.1, 0.15) is 5.75 Å². The summed E-state index contributed by atoms with van der Waals surface area (Å²) in [4.78, 5) is 6.63. The maximum atomic E-state index is 10.1. The highest BCUT2D eigenvalue weighted by Gasteiger charge is 2.24. The predicted molar refractivity (Wildman–Crippen MR) is 95.2 cm³/mol. The third kappa shape index (κ3) is 4.80. The van der Waals surface area contributed by atoms with Crippen LogP contribution in [0.1, 0.15) is 38.5 Å². The van der Waals surface area contributed by atoms with Crippen LogP contribution in [0.5, 0.6) is 5.75 Å². The second kappa shape index (κ2) is 8.45. The number of aliphatic hydroxyl groups excluding tert-OH is 1. The number of aromatic nitrogens is 2. The quantitative estimate of drug-likeness (QED) is 0.831. The molecule has 3 rings (SSSR count). The molecule has 0 spiro atoms. The predicted octanol–water partition coefficient (Wildman–Crippen LogP) is 3.12. The molecule has 1 aromatic heterocycles. The Balaban J connectivity index is 1.57. The van der Waals surface area contributed by atoms with Gasteiger partial charge < -0.3 is 14.4 Å². The Hall–Kier alpha value is -1.92. The molecule has 1 heterocycles. The molecule has 136 valence electrons. The summed E-state index contributed by atoms with van der Waals surface area (Å²) in [6.45, 7) is 4.05. The van der Waals surface area contributed by atoms with E-state index >= 15 is 0 Å². The lowest BCUT2D eigenvalue weighted by Crippen LogP contribution is -2.34. The fourth-order valence-corrected chi connectivity index (χ4v) is 3.40. The van der Waals surface area contributed by atoms with Gasteiger partial charge in [-0.1, -0.05) is 18.0 Å². The summed E-state index contributed by atoms with van der Waals surface area (Å²) in [5, 5.41) is 14.2. The molecule has 1 fully saturated rings. The lowest BCUT2D eigenvalue weighted by molar-refractivity contribution is 0.0484. The summed E-state index contributed by atoms with van der Waals surface area (Å²) in [7, 11) is 2.03. The molecule has 2 aromatic rings. The minimum absolute atomic E-state index is 0.182. The average Bonchev–Trinajstić information content (AvgIpc) is 3.06. The summed E-state index contributed by atoms with van der Waals surface area (Å²) < 4.78 is 10.8. The second-order valence-corrected chi connectivity index (χ2v) is 6.78. The second-order valence-electron chi connectivity index (χ2n) is 6.78. The van der Waals surface area contributed by atoms with Gasteiger partial charge in [-0.05, 0) is 57.0 Å². The minimum atomic E-state index is -0.182. The highest BCUT2D eigenvalue weighted by molar-refractivity contribution is 5.55. The molecule has 0 radical (unpaired) electrons. The van der Waals surface area contributed by atoms with Crippen molar-refractivity contribution >= 4 is 0 Å². The fourth-order valence-electron chi connectivity index (χ4n) is 3.40. The summed E-state index contributed by atoms with van der Waals surface area (Å²) in [6.07, 6.45) is 4.17. The molecule has 6 heteroatoms. The van der Waals surface area contributed by atoms with Crippen molar-refractivity contribution in [3.8, 4) is 17.1 Å². The maximum Gasteiger partial charge on any atom is 0.241 e. The minimum Gasteiger partial charge on any atom is -0.494 e. The van der Waals surface area contributed by atoms with Gasteiger partial charge in [0.15, 0.2) is 0 Å². The zero-order valence-electron chi connectivity index (χ0n) is 15.0. The number of nitrogens with zero attached hydrogens (tertiary/aromatic N) is 3. The molecule has 1 aromatic carbocycles. The van der Waals surface area contributed by atoms with Crippen LogP contribution in [0.4, 0.5) is 0 Å². The first kappa shape index (κ1) is 17.9. The van der Waals surface area contributed by atoms with E-state index in [9.17, 15) is 5.11 Å². The Morgan fingerprint density at radius 2 is 2.00 bits per heavy atom. The Bertz CT molecular complexity index is 656. The number of benzene rings is 1. The van der Waals surface area contributed by atoms with Gasteiger partial charge in [-0.15, -0.1) is 0 Å². The van der Waals surface area contributed by atoms with Gasteiger partial charge in [0.25, 0.3) is 0 Å². The van der Waals surface area contributed by atoms with E-state index in [-0.39, 0.29) is 6.10 Å². The van der Waals surface area contributed by atoms with Crippen molar-refractivity contribution in [1.29, 1.82) is 0 Å². The van der Waals surface area contributed by atoms with Crippen molar-refractivity contribution in [1.82, 2.24) is 15.0 Å². The Morgan fingerprint density at radius 3 is 2.72 bits per heavy atom. The van der Waals surface area contributed by atoms with Gasteiger partial charge in [-0.2, -0.15) is 4.98 Å². The first-order valence-electron chi connectivity index (χ1n) is 9.08. The van der Waals surface area contributed by atoms with E-state index in [2.05, 4.69) is 15.0 Å². The number of ether oxygens (including phenoxy) is 1. The number of rotatable bonds is 7. The molecule has 2 atom stereocenters. The van der Waals surface area contributed by atoms with Gasteiger partial charge in [-0.25, -0.2) is 0 Å². The molecular formula is C19H27N3O3.